The number of ketones is 1. The Hall–Kier alpha value is -2.24. The molecular weight excluding hydrogens is 322 g/mol. The van der Waals surface area contributed by atoms with Crippen molar-refractivity contribution in [3.05, 3.63) is 46.0 Å². The molecule has 0 fully saturated rings. The van der Waals surface area contributed by atoms with Crippen molar-refractivity contribution in [2.45, 2.75) is 70.9 Å². The fraction of sp³-hybridized carbons (Fsp3) is 0.579. The van der Waals surface area contributed by atoms with Gasteiger partial charge >= 0.3 is 5.97 Å². The number of hydrogen-bond donors (Lipinski definition) is 0. The van der Waals surface area contributed by atoms with Gasteiger partial charge in [0, 0.05) is 25.2 Å². The summed E-state index contributed by atoms with van der Waals surface area (Å²) in [4.78, 5) is 34.9. The summed E-state index contributed by atoms with van der Waals surface area (Å²) >= 11 is 0. The number of unbranched alkanes of at least 4 members (excludes halogenated alkanes) is 1. The first-order chi connectivity index (χ1) is 11.8. The number of Topliss-reactive ketones (excluding diaryl/α,β-unsaturated/α-hetero) is 1. The molecule has 0 spiro atoms. The largest absolute Gasteiger partial charge is 0.462 e. The third-order valence-electron chi connectivity index (χ3n) is 4.32. The van der Waals surface area contributed by atoms with E-state index in [2.05, 4.69) is 0 Å². The van der Waals surface area contributed by atoms with Gasteiger partial charge in [0.25, 0.3) is 5.54 Å². The minimum atomic E-state index is -1.75. The van der Waals surface area contributed by atoms with E-state index in [-0.39, 0.29) is 12.8 Å². The molecule has 0 aliphatic carbocycles. The molecular formula is C19H27NO5. The summed E-state index contributed by atoms with van der Waals surface area (Å²) in [6, 6.07) is 9.39. The van der Waals surface area contributed by atoms with Crippen LogP contribution in [-0.2, 0) is 20.7 Å². The van der Waals surface area contributed by atoms with Crippen LogP contribution in [0.5, 0.6) is 0 Å². The highest BCUT2D eigenvalue weighted by atomic mass is 16.6. The van der Waals surface area contributed by atoms with Crippen molar-refractivity contribution in [3.8, 4) is 0 Å². The lowest BCUT2D eigenvalue weighted by Crippen LogP contribution is -2.47. The highest BCUT2D eigenvalue weighted by molar-refractivity contribution is 5.86. The molecule has 6 nitrogen and oxygen atoms in total. The number of carbonyl (C=O) groups excluding carboxylic acids is 2. The van der Waals surface area contributed by atoms with Gasteiger partial charge in [-0.3, -0.25) is 19.7 Å². The fourth-order valence-electron chi connectivity index (χ4n) is 2.77. The van der Waals surface area contributed by atoms with E-state index < -0.39 is 28.3 Å². The molecule has 0 aliphatic rings. The van der Waals surface area contributed by atoms with Gasteiger partial charge in [-0.25, -0.2) is 0 Å². The second-order valence-corrected chi connectivity index (χ2v) is 6.52. The third kappa shape index (κ3) is 6.64. The Labute approximate surface area is 148 Å². The van der Waals surface area contributed by atoms with E-state index in [1.165, 1.54) is 13.8 Å². The van der Waals surface area contributed by atoms with Crippen molar-refractivity contribution in [1.29, 1.82) is 0 Å². The summed E-state index contributed by atoms with van der Waals surface area (Å²) in [5.41, 5.74) is -0.785. The van der Waals surface area contributed by atoms with E-state index in [0.29, 0.717) is 12.8 Å². The first kappa shape index (κ1) is 20.8. The molecule has 0 aromatic heterocycles. The van der Waals surface area contributed by atoms with E-state index in [9.17, 15) is 19.7 Å². The number of esters is 1. The summed E-state index contributed by atoms with van der Waals surface area (Å²) in [6.07, 6.45) is 2.02. The summed E-state index contributed by atoms with van der Waals surface area (Å²) in [7, 11) is 0. The Balaban J connectivity index is 2.82. The van der Waals surface area contributed by atoms with Gasteiger partial charge in [0.2, 0.25) is 5.78 Å². The first-order valence-corrected chi connectivity index (χ1v) is 8.68. The van der Waals surface area contributed by atoms with Gasteiger partial charge < -0.3 is 4.74 Å². The van der Waals surface area contributed by atoms with Crippen LogP contribution in [-0.4, -0.2) is 28.3 Å². The SMILES string of the molecule is CCCC[C@@H](C[C@](C)(C(=O)CCc1ccccc1)[N+](=O)[O-])OC(C)=O. The monoisotopic (exact) mass is 349 g/mol. The zero-order chi connectivity index (χ0) is 18.9. The molecule has 0 aliphatic heterocycles. The number of carbonyl (C=O) groups is 2. The van der Waals surface area contributed by atoms with Gasteiger partial charge in [0.1, 0.15) is 6.10 Å². The number of rotatable bonds is 11. The molecule has 0 N–H and O–H groups in total. The Kier molecular flexibility index (Phi) is 8.25. The molecule has 0 saturated heterocycles. The second-order valence-electron chi connectivity index (χ2n) is 6.52. The molecule has 0 amide bonds. The number of benzene rings is 1. The normalized spacial score (nSPS) is 14.4. The number of nitrogens with zero attached hydrogens (tertiary/aromatic N) is 1. The van der Waals surface area contributed by atoms with Gasteiger partial charge in [-0.15, -0.1) is 0 Å². The maximum atomic E-state index is 12.6. The van der Waals surface area contributed by atoms with Crippen LogP contribution in [0.1, 0.15) is 58.4 Å². The third-order valence-corrected chi connectivity index (χ3v) is 4.32. The zero-order valence-electron chi connectivity index (χ0n) is 15.2. The van der Waals surface area contributed by atoms with Gasteiger partial charge in [0.15, 0.2) is 0 Å². The molecule has 25 heavy (non-hydrogen) atoms. The van der Waals surface area contributed by atoms with Crippen LogP contribution in [0.2, 0.25) is 0 Å². The van der Waals surface area contributed by atoms with Gasteiger partial charge in [-0.05, 0) is 18.4 Å². The maximum absolute atomic E-state index is 12.6. The average Bonchev–Trinajstić information content (AvgIpc) is 2.57. The van der Waals surface area contributed by atoms with Crippen LogP contribution in [0.3, 0.4) is 0 Å². The Morgan fingerprint density at radius 3 is 2.44 bits per heavy atom. The highest BCUT2D eigenvalue weighted by Gasteiger charge is 2.47. The van der Waals surface area contributed by atoms with Crippen LogP contribution < -0.4 is 0 Å². The second kappa shape index (κ2) is 9.91. The minimum Gasteiger partial charge on any atom is -0.462 e. The Morgan fingerprint density at radius 1 is 1.28 bits per heavy atom. The molecule has 0 heterocycles. The predicted octanol–water partition coefficient (Wildman–Crippen LogP) is 3.74. The molecule has 1 aromatic rings. The summed E-state index contributed by atoms with van der Waals surface area (Å²) in [5, 5.41) is 11.6. The van der Waals surface area contributed by atoms with Crippen LogP contribution in [0.15, 0.2) is 30.3 Å². The lowest BCUT2D eigenvalue weighted by atomic mass is 9.86. The van der Waals surface area contributed by atoms with Gasteiger partial charge in [-0.2, -0.15) is 0 Å². The Morgan fingerprint density at radius 2 is 1.92 bits per heavy atom. The van der Waals surface area contributed by atoms with E-state index in [1.807, 2.05) is 37.3 Å². The Bertz CT molecular complexity index is 587. The predicted molar refractivity (Wildman–Crippen MR) is 94.9 cm³/mol. The van der Waals surface area contributed by atoms with Crippen LogP contribution >= 0.6 is 0 Å². The van der Waals surface area contributed by atoms with Crippen molar-refractivity contribution in [1.82, 2.24) is 0 Å². The summed E-state index contributed by atoms with van der Waals surface area (Å²) < 4.78 is 5.22. The fourth-order valence-corrected chi connectivity index (χ4v) is 2.77. The van der Waals surface area contributed by atoms with Crippen molar-refractivity contribution in [3.63, 3.8) is 0 Å². The maximum Gasteiger partial charge on any atom is 0.302 e. The van der Waals surface area contributed by atoms with E-state index in [4.69, 9.17) is 4.74 Å². The van der Waals surface area contributed by atoms with E-state index >= 15 is 0 Å². The lowest BCUT2D eigenvalue weighted by Gasteiger charge is -2.25. The number of ether oxygens (including phenoxy) is 1. The topological polar surface area (TPSA) is 86.5 Å². The van der Waals surface area contributed by atoms with Gasteiger partial charge in [-0.1, -0.05) is 50.1 Å². The molecule has 2 atom stereocenters. The molecule has 6 heteroatoms. The minimum absolute atomic E-state index is 0.0854. The molecule has 0 radical (unpaired) electrons. The molecule has 0 saturated carbocycles. The van der Waals surface area contributed by atoms with Crippen molar-refractivity contribution in [2.24, 2.45) is 0 Å². The zero-order valence-corrected chi connectivity index (χ0v) is 15.2. The number of hydrogen-bond acceptors (Lipinski definition) is 5. The van der Waals surface area contributed by atoms with Crippen molar-refractivity contribution in [2.75, 3.05) is 0 Å². The smallest absolute Gasteiger partial charge is 0.302 e. The molecule has 138 valence electrons. The quantitative estimate of drug-likeness (QED) is 0.345. The van der Waals surface area contributed by atoms with Crippen molar-refractivity contribution < 1.29 is 19.2 Å². The number of nitro groups is 1. The first-order valence-electron chi connectivity index (χ1n) is 8.68. The van der Waals surface area contributed by atoms with Crippen LogP contribution in [0, 0.1) is 10.1 Å². The summed E-state index contributed by atoms with van der Waals surface area (Å²) in [5.74, 6) is -0.918. The molecule has 1 rings (SSSR count). The van der Waals surface area contributed by atoms with Crippen molar-refractivity contribution >= 4 is 11.8 Å². The van der Waals surface area contributed by atoms with E-state index in [0.717, 1.165) is 18.4 Å². The highest BCUT2D eigenvalue weighted by Crippen LogP contribution is 2.25. The van der Waals surface area contributed by atoms with Crippen LogP contribution in [0.25, 0.3) is 0 Å². The van der Waals surface area contributed by atoms with E-state index in [1.54, 1.807) is 0 Å². The molecule has 0 unspecified atom stereocenters. The number of aryl methyl sites for hydroxylation is 1. The van der Waals surface area contributed by atoms with Crippen LogP contribution in [0.4, 0.5) is 0 Å². The lowest BCUT2D eigenvalue weighted by molar-refractivity contribution is -0.550. The molecule has 1 aromatic carbocycles. The molecule has 0 bridgehead atoms. The summed E-state index contributed by atoms with van der Waals surface area (Å²) in [6.45, 7) is 4.60. The average molecular weight is 349 g/mol. The standard InChI is InChI=1S/C19H27NO5/c1-4-5-11-17(25-15(2)21)14-19(3,20(23)24)18(22)13-12-16-9-7-6-8-10-16/h6-10,17H,4-5,11-14H2,1-3H3/t17-,19+/m0/s1. The van der Waals surface area contributed by atoms with Gasteiger partial charge in [0.05, 0.1) is 6.42 Å².